The highest BCUT2D eigenvalue weighted by Gasteiger charge is 2.17. The van der Waals surface area contributed by atoms with Crippen LogP contribution in [0.4, 0.5) is 0 Å². The van der Waals surface area contributed by atoms with Crippen LogP contribution in [0.2, 0.25) is 0 Å². The lowest BCUT2D eigenvalue weighted by atomic mass is 10.2. The van der Waals surface area contributed by atoms with Crippen LogP contribution in [-0.4, -0.2) is 46.7 Å². The van der Waals surface area contributed by atoms with Crippen molar-refractivity contribution in [2.75, 3.05) is 26.0 Å². The zero-order valence-electron chi connectivity index (χ0n) is 15.4. The van der Waals surface area contributed by atoms with Crippen LogP contribution in [0.1, 0.15) is 5.56 Å². The van der Waals surface area contributed by atoms with Gasteiger partial charge in [-0.2, -0.15) is 0 Å². The Hall–Kier alpha value is -2.64. The van der Waals surface area contributed by atoms with Gasteiger partial charge in [-0.3, -0.25) is 9.36 Å². The fourth-order valence-electron chi connectivity index (χ4n) is 2.54. The molecule has 0 saturated carbocycles. The molecule has 0 aliphatic heterocycles. The first-order valence-corrected chi connectivity index (χ1v) is 9.64. The van der Waals surface area contributed by atoms with Crippen molar-refractivity contribution in [1.29, 1.82) is 0 Å². The SMILES string of the molecule is COCCNC(=O)CSc1nnc(-c2ccccc2)n1-c1ccc(C)cc1. The van der Waals surface area contributed by atoms with E-state index in [2.05, 4.69) is 27.6 Å². The monoisotopic (exact) mass is 382 g/mol. The number of carbonyl (C=O) groups is 1. The van der Waals surface area contributed by atoms with Crippen LogP contribution in [0, 0.1) is 6.92 Å². The number of hydrogen-bond acceptors (Lipinski definition) is 5. The Morgan fingerprint density at radius 1 is 1.11 bits per heavy atom. The Kier molecular flexibility index (Phi) is 6.62. The number of benzene rings is 2. The summed E-state index contributed by atoms with van der Waals surface area (Å²) in [5.41, 5.74) is 3.12. The van der Waals surface area contributed by atoms with Crippen LogP contribution in [0.3, 0.4) is 0 Å². The molecule has 1 amide bonds. The van der Waals surface area contributed by atoms with Crippen LogP contribution < -0.4 is 5.32 Å². The molecule has 1 aromatic heterocycles. The van der Waals surface area contributed by atoms with Crippen LogP contribution in [0.25, 0.3) is 17.1 Å². The van der Waals surface area contributed by atoms with E-state index in [-0.39, 0.29) is 11.7 Å². The van der Waals surface area contributed by atoms with Gasteiger partial charge < -0.3 is 10.1 Å². The molecule has 0 bridgehead atoms. The molecule has 3 aromatic rings. The Morgan fingerprint density at radius 2 is 1.85 bits per heavy atom. The minimum atomic E-state index is -0.0585. The zero-order valence-corrected chi connectivity index (χ0v) is 16.2. The smallest absolute Gasteiger partial charge is 0.230 e. The Morgan fingerprint density at radius 3 is 2.56 bits per heavy atom. The molecule has 6 nitrogen and oxygen atoms in total. The lowest BCUT2D eigenvalue weighted by Crippen LogP contribution is -2.28. The van der Waals surface area contributed by atoms with Crippen LogP contribution >= 0.6 is 11.8 Å². The van der Waals surface area contributed by atoms with Crippen LogP contribution in [0.15, 0.2) is 59.8 Å². The number of thioether (sulfide) groups is 1. The van der Waals surface area contributed by atoms with Crippen molar-refractivity contribution in [3.8, 4) is 17.1 Å². The van der Waals surface area contributed by atoms with Gasteiger partial charge in [0.1, 0.15) is 0 Å². The van der Waals surface area contributed by atoms with E-state index in [0.717, 1.165) is 17.1 Å². The number of amides is 1. The number of nitrogens with one attached hydrogen (secondary N) is 1. The van der Waals surface area contributed by atoms with Gasteiger partial charge in [-0.05, 0) is 19.1 Å². The zero-order chi connectivity index (χ0) is 19.1. The van der Waals surface area contributed by atoms with Gasteiger partial charge in [0.05, 0.1) is 12.4 Å². The second kappa shape index (κ2) is 9.34. The lowest BCUT2D eigenvalue weighted by Gasteiger charge is -2.11. The molecule has 0 aliphatic carbocycles. The molecule has 3 rings (SSSR count). The van der Waals surface area contributed by atoms with Crippen molar-refractivity contribution in [2.24, 2.45) is 0 Å². The molecular formula is C20H22N4O2S. The fourth-order valence-corrected chi connectivity index (χ4v) is 3.32. The molecule has 0 atom stereocenters. The molecule has 2 aromatic carbocycles. The number of ether oxygens (including phenoxy) is 1. The average Bonchev–Trinajstić information content (AvgIpc) is 3.12. The third-order valence-corrected chi connectivity index (χ3v) is 4.85. The maximum Gasteiger partial charge on any atom is 0.230 e. The number of nitrogens with zero attached hydrogens (tertiary/aromatic N) is 3. The highest BCUT2D eigenvalue weighted by Crippen LogP contribution is 2.27. The van der Waals surface area contributed by atoms with E-state index in [0.29, 0.717) is 18.3 Å². The fraction of sp³-hybridized carbons (Fsp3) is 0.250. The maximum absolute atomic E-state index is 12.0. The molecule has 27 heavy (non-hydrogen) atoms. The molecule has 1 N–H and O–H groups in total. The maximum atomic E-state index is 12.0. The van der Waals surface area contributed by atoms with Crippen molar-refractivity contribution in [1.82, 2.24) is 20.1 Å². The van der Waals surface area contributed by atoms with Gasteiger partial charge in [0, 0.05) is 24.9 Å². The van der Waals surface area contributed by atoms with Gasteiger partial charge in [0.15, 0.2) is 11.0 Å². The Labute approximate surface area is 163 Å². The molecule has 140 valence electrons. The third-order valence-electron chi connectivity index (χ3n) is 3.92. The largest absolute Gasteiger partial charge is 0.383 e. The molecule has 7 heteroatoms. The minimum Gasteiger partial charge on any atom is -0.383 e. The third kappa shape index (κ3) is 4.96. The van der Waals surface area contributed by atoms with E-state index in [1.54, 1.807) is 7.11 Å². The number of rotatable bonds is 8. The summed E-state index contributed by atoms with van der Waals surface area (Å²) in [6.07, 6.45) is 0. The van der Waals surface area contributed by atoms with Gasteiger partial charge in [-0.1, -0.05) is 59.8 Å². The van der Waals surface area contributed by atoms with Gasteiger partial charge in [-0.25, -0.2) is 0 Å². The second-order valence-corrected chi connectivity index (χ2v) is 6.92. The van der Waals surface area contributed by atoms with E-state index in [9.17, 15) is 4.79 Å². The predicted octanol–water partition coefficient (Wildman–Crippen LogP) is 3.10. The minimum absolute atomic E-state index is 0.0585. The van der Waals surface area contributed by atoms with Crippen LogP contribution in [0.5, 0.6) is 0 Å². The van der Waals surface area contributed by atoms with Crippen LogP contribution in [-0.2, 0) is 9.53 Å². The topological polar surface area (TPSA) is 69.0 Å². The molecule has 0 saturated heterocycles. The van der Waals surface area contributed by atoms with E-state index in [1.807, 2.05) is 54.0 Å². The molecule has 0 spiro atoms. The summed E-state index contributed by atoms with van der Waals surface area (Å²) in [6.45, 7) is 3.04. The predicted molar refractivity (Wildman–Crippen MR) is 107 cm³/mol. The second-order valence-electron chi connectivity index (χ2n) is 5.97. The highest BCUT2D eigenvalue weighted by atomic mass is 32.2. The summed E-state index contributed by atoms with van der Waals surface area (Å²) >= 11 is 1.36. The number of carbonyl (C=O) groups excluding carboxylic acids is 1. The van der Waals surface area contributed by atoms with E-state index in [4.69, 9.17) is 4.74 Å². The molecule has 0 aliphatic rings. The quantitative estimate of drug-likeness (QED) is 0.479. The normalized spacial score (nSPS) is 10.7. The number of aromatic nitrogens is 3. The summed E-state index contributed by atoms with van der Waals surface area (Å²) < 4.78 is 6.93. The van der Waals surface area contributed by atoms with Gasteiger partial charge in [0.25, 0.3) is 0 Å². The molecule has 0 fully saturated rings. The number of aryl methyl sites for hydroxylation is 1. The summed E-state index contributed by atoms with van der Waals surface area (Å²) in [6, 6.07) is 18.1. The van der Waals surface area contributed by atoms with Gasteiger partial charge in [-0.15, -0.1) is 10.2 Å². The summed E-state index contributed by atoms with van der Waals surface area (Å²) in [5, 5.41) is 12.2. The van der Waals surface area contributed by atoms with E-state index in [1.165, 1.54) is 17.3 Å². The first-order chi connectivity index (χ1) is 13.2. The summed E-state index contributed by atoms with van der Waals surface area (Å²) in [5.74, 6) is 0.959. The van der Waals surface area contributed by atoms with E-state index < -0.39 is 0 Å². The van der Waals surface area contributed by atoms with Crippen molar-refractivity contribution in [3.05, 3.63) is 60.2 Å². The van der Waals surface area contributed by atoms with Gasteiger partial charge in [0.2, 0.25) is 5.91 Å². The standard InChI is InChI=1S/C20H22N4O2S/c1-15-8-10-17(11-9-15)24-19(16-6-4-3-5-7-16)22-23-20(24)27-14-18(25)21-12-13-26-2/h3-11H,12-14H2,1-2H3,(H,21,25). The summed E-state index contributed by atoms with van der Waals surface area (Å²) in [7, 11) is 1.61. The van der Waals surface area contributed by atoms with E-state index >= 15 is 0 Å². The first-order valence-electron chi connectivity index (χ1n) is 8.65. The van der Waals surface area contributed by atoms with Crippen molar-refractivity contribution in [3.63, 3.8) is 0 Å². The molecular weight excluding hydrogens is 360 g/mol. The van der Waals surface area contributed by atoms with Crippen molar-refractivity contribution in [2.45, 2.75) is 12.1 Å². The number of methoxy groups -OCH3 is 1. The first kappa shape index (κ1) is 19.1. The highest BCUT2D eigenvalue weighted by molar-refractivity contribution is 7.99. The van der Waals surface area contributed by atoms with Crippen molar-refractivity contribution >= 4 is 17.7 Å². The van der Waals surface area contributed by atoms with Crippen molar-refractivity contribution < 1.29 is 9.53 Å². The molecule has 0 radical (unpaired) electrons. The summed E-state index contributed by atoms with van der Waals surface area (Å²) in [4.78, 5) is 12.0. The van der Waals surface area contributed by atoms with Gasteiger partial charge >= 0.3 is 0 Å². The Bertz CT molecular complexity index is 879. The molecule has 0 unspecified atom stereocenters. The lowest BCUT2D eigenvalue weighted by molar-refractivity contribution is -0.118. The average molecular weight is 382 g/mol. The number of hydrogen-bond donors (Lipinski definition) is 1. The molecule has 1 heterocycles. The Balaban J connectivity index is 1.86.